The van der Waals surface area contributed by atoms with Gasteiger partial charge in [-0.3, -0.25) is 0 Å². The second kappa shape index (κ2) is 4.78. The molecule has 1 nitrogen and oxygen atoms in total. The van der Waals surface area contributed by atoms with Gasteiger partial charge in [0.25, 0.3) is 0 Å². The Balaban J connectivity index is 2.47. The number of benzene rings is 2. The van der Waals surface area contributed by atoms with Gasteiger partial charge in [-0.25, -0.2) is 17.6 Å². The van der Waals surface area contributed by atoms with Crippen LogP contribution in [0.3, 0.4) is 0 Å². The average molecular weight is 255 g/mol. The van der Waals surface area contributed by atoms with Crippen molar-refractivity contribution in [1.82, 2.24) is 0 Å². The van der Waals surface area contributed by atoms with Crippen LogP contribution in [-0.2, 0) is 0 Å². The van der Waals surface area contributed by atoms with E-state index in [2.05, 4.69) is 0 Å². The SMILES string of the molecule is NC(c1ccc(F)cc1F)c1cc(F)ccc1F. The highest BCUT2D eigenvalue weighted by molar-refractivity contribution is 5.33. The zero-order chi connectivity index (χ0) is 13.3. The molecule has 0 amide bonds. The number of hydrogen-bond acceptors (Lipinski definition) is 1. The van der Waals surface area contributed by atoms with Crippen LogP contribution in [0.15, 0.2) is 36.4 Å². The first kappa shape index (κ1) is 12.6. The van der Waals surface area contributed by atoms with Crippen LogP contribution < -0.4 is 5.73 Å². The largest absolute Gasteiger partial charge is 0.320 e. The van der Waals surface area contributed by atoms with E-state index in [-0.39, 0.29) is 11.1 Å². The molecule has 0 heterocycles. The third-order valence-electron chi connectivity index (χ3n) is 2.59. The van der Waals surface area contributed by atoms with Gasteiger partial charge in [-0.2, -0.15) is 0 Å². The standard InChI is InChI=1S/C13H9F4N/c14-7-2-4-11(16)10(5-7)13(18)9-3-1-8(15)6-12(9)17/h1-6,13H,18H2. The lowest BCUT2D eigenvalue weighted by Crippen LogP contribution is -2.15. The summed E-state index contributed by atoms with van der Waals surface area (Å²) in [5.41, 5.74) is 5.39. The fraction of sp³-hybridized carbons (Fsp3) is 0.0769. The molecule has 0 aliphatic carbocycles. The molecule has 0 spiro atoms. The van der Waals surface area contributed by atoms with Crippen molar-refractivity contribution in [2.24, 2.45) is 5.73 Å². The predicted octanol–water partition coefficient (Wildman–Crippen LogP) is 3.29. The van der Waals surface area contributed by atoms with Crippen LogP contribution in [0.5, 0.6) is 0 Å². The fourth-order valence-electron chi connectivity index (χ4n) is 1.67. The summed E-state index contributed by atoms with van der Waals surface area (Å²) in [5, 5.41) is 0. The maximum atomic E-state index is 13.5. The molecule has 18 heavy (non-hydrogen) atoms. The first-order valence-corrected chi connectivity index (χ1v) is 5.14. The molecule has 0 saturated heterocycles. The second-order valence-electron chi connectivity index (χ2n) is 3.81. The van der Waals surface area contributed by atoms with Gasteiger partial charge in [0.1, 0.15) is 23.3 Å². The van der Waals surface area contributed by atoms with Gasteiger partial charge in [-0.05, 0) is 24.3 Å². The maximum Gasteiger partial charge on any atom is 0.131 e. The highest BCUT2D eigenvalue weighted by Gasteiger charge is 2.18. The normalized spacial score (nSPS) is 12.5. The third-order valence-corrected chi connectivity index (χ3v) is 2.59. The lowest BCUT2D eigenvalue weighted by molar-refractivity contribution is 0.550. The number of rotatable bonds is 2. The van der Waals surface area contributed by atoms with Crippen LogP contribution in [-0.4, -0.2) is 0 Å². The Bertz CT molecular complexity index is 583. The summed E-state index contributed by atoms with van der Waals surface area (Å²) < 4.78 is 52.7. The zero-order valence-electron chi connectivity index (χ0n) is 9.13. The van der Waals surface area contributed by atoms with Crippen LogP contribution >= 0.6 is 0 Å². The van der Waals surface area contributed by atoms with E-state index in [1.54, 1.807) is 0 Å². The van der Waals surface area contributed by atoms with E-state index in [4.69, 9.17) is 5.73 Å². The van der Waals surface area contributed by atoms with E-state index in [1.807, 2.05) is 0 Å². The van der Waals surface area contributed by atoms with Crippen molar-refractivity contribution in [2.75, 3.05) is 0 Å². The fourth-order valence-corrected chi connectivity index (χ4v) is 1.67. The first-order valence-electron chi connectivity index (χ1n) is 5.14. The Morgan fingerprint density at radius 3 is 2.00 bits per heavy atom. The minimum atomic E-state index is -1.19. The summed E-state index contributed by atoms with van der Waals surface area (Å²) in [6.45, 7) is 0. The smallest absolute Gasteiger partial charge is 0.131 e. The molecule has 0 aliphatic heterocycles. The van der Waals surface area contributed by atoms with E-state index in [0.717, 1.165) is 30.3 Å². The van der Waals surface area contributed by atoms with Crippen molar-refractivity contribution in [3.05, 3.63) is 70.8 Å². The molecule has 2 N–H and O–H groups in total. The predicted molar refractivity (Wildman–Crippen MR) is 58.7 cm³/mol. The molecule has 1 atom stereocenters. The van der Waals surface area contributed by atoms with Gasteiger partial charge in [0, 0.05) is 17.2 Å². The highest BCUT2D eigenvalue weighted by Crippen LogP contribution is 2.25. The lowest BCUT2D eigenvalue weighted by atomic mass is 9.98. The van der Waals surface area contributed by atoms with Crippen molar-refractivity contribution in [2.45, 2.75) is 6.04 Å². The number of hydrogen-bond donors (Lipinski definition) is 1. The van der Waals surface area contributed by atoms with E-state index in [9.17, 15) is 17.6 Å². The second-order valence-corrected chi connectivity index (χ2v) is 3.81. The van der Waals surface area contributed by atoms with Crippen molar-refractivity contribution < 1.29 is 17.6 Å². The molecule has 2 aromatic rings. The summed E-state index contributed by atoms with van der Waals surface area (Å²) in [4.78, 5) is 0. The van der Waals surface area contributed by atoms with Crippen LogP contribution in [0.1, 0.15) is 17.2 Å². The van der Waals surface area contributed by atoms with Gasteiger partial charge >= 0.3 is 0 Å². The van der Waals surface area contributed by atoms with Gasteiger partial charge in [0.05, 0.1) is 6.04 Å². The van der Waals surface area contributed by atoms with Crippen molar-refractivity contribution >= 4 is 0 Å². The van der Waals surface area contributed by atoms with Crippen LogP contribution in [0.25, 0.3) is 0 Å². The van der Waals surface area contributed by atoms with Crippen LogP contribution in [0, 0.1) is 23.3 Å². The monoisotopic (exact) mass is 255 g/mol. The quantitative estimate of drug-likeness (QED) is 0.819. The molecule has 2 rings (SSSR count). The lowest BCUT2D eigenvalue weighted by Gasteiger charge is -2.14. The molecular formula is C13H9F4N. The van der Waals surface area contributed by atoms with E-state index < -0.39 is 29.3 Å². The first-order chi connectivity index (χ1) is 8.49. The molecule has 0 fully saturated rings. The minimum Gasteiger partial charge on any atom is -0.320 e. The highest BCUT2D eigenvalue weighted by atomic mass is 19.1. The summed E-state index contributed by atoms with van der Waals surface area (Å²) in [6, 6.07) is 4.31. The molecule has 2 aromatic carbocycles. The van der Waals surface area contributed by atoms with E-state index in [0.29, 0.717) is 6.07 Å². The van der Waals surface area contributed by atoms with Gasteiger partial charge in [-0.15, -0.1) is 0 Å². The van der Waals surface area contributed by atoms with Gasteiger partial charge in [0.15, 0.2) is 0 Å². The van der Waals surface area contributed by atoms with Crippen LogP contribution in [0.4, 0.5) is 17.6 Å². The molecule has 94 valence electrons. The van der Waals surface area contributed by atoms with Gasteiger partial charge < -0.3 is 5.73 Å². The van der Waals surface area contributed by atoms with Crippen molar-refractivity contribution in [3.63, 3.8) is 0 Å². The Labute approximate surface area is 101 Å². The molecule has 0 radical (unpaired) electrons. The minimum absolute atomic E-state index is 0.0964. The summed E-state index contributed by atoms with van der Waals surface area (Å²) >= 11 is 0. The third kappa shape index (κ3) is 2.36. The Morgan fingerprint density at radius 2 is 1.33 bits per heavy atom. The average Bonchev–Trinajstić information content (AvgIpc) is 2.31. The molecule has 0 saturated carbocycles. The molecule has 0 aliphatic rings. The molecule has 5 heteroatoms. The summed E-state index contributed by atoms with van der Waals surface area (Å²) in [6.07, 6.45) is 0. The van der Waals surface area contributed by atoms with Gasteiger partial charge in [0.2, 0.25) is 0 Å². The Kier molecular flexibility index (Phi) is 3.34. The number of nitrogens with two attached hydrogens (primary N) is 1. The Hall–Kier alpha value is -1.88. The Morgan fingerprint density at radius 1 is 0.722 bits per heavy atom. The maximum absolute atomic E-state index is 13.5. The van der Waals surface area contributed by atoms with Gasteiger partial charge in [-0.1, -0.05) is 6.07 Å². The molecular weight excluding hydrogens is 246 g/mol. The summed E-state index contributed by atoms with van der Waals surface area (Å²) in [7, 11) is 0. The molecule has 0 aromatic heterocycles. The van der Waals surface area contributed by atoms with Crippen LogP contribution in [0.2, 0.25) is 0 Å². The number of halogens is 4. The van der Waals surface area contributed by atoms with E-state index in [1.165, 1.54) is 0 Å². The topological polar surface area (TPSA) is 26.0 Å². The molecule has 1 unspecified atom stereocenters. The summed E-state index contributed by atoms with van der Waals surface area (Å²) in [5.74, 6) is -3.08. The van der Waals surface area contributed by atoms with Crippen molar-refractivity contribution in [3.8, 4) is 0 Å². The van der Waals surface area contributed by atoms with Crippen molar-refractivity contribution in [1.29, 1.82) is 0 Å². The zero-order valence-corrected chi connectivity index (χ0v) is 9.13. The van der Waals surface area contributed by atoms with E-state index >= 15 is 0 Å². The molecule has 0 bridgehead atoms.